The molecule has 0 atom stereocenters. The van der Waals surface area contributed by atoms with Gasteiger partial charge in [-0.2, -0.15) is 0 Å². The van der Waals surface area contributed by atoms with Gasteiger partial charge in [-0.15, -0.1) is 0 Å². The van der Waals surface area contributed by atoms with Gasteiger partial charge in [0.1, 0.15) is 17.9 Å². The number of aromatic nitrogens is 1. The molecule has 2 rings (SSSR count). The molecule has 5 nitrogen and oxygen atoms in total. The predicted octanol–water partition coefficient (Wildman–Crippen LogP) is 2.26. The van der Waals surface area contributed by atoms with E-state index in [1.165, 1.54) is 11.6 Å². The summed E-state index contributed by atoms with van der Waals surface area (Å²) in [6.07, 6.45) is 3.60. The van der Waals surface area contributed by atoms with E-state index in [4.69, 9.17) is 9.84 Å². The summed E-state index contributed by atoms with van der Waals surface area (Å²) in [5.41, 5.74) is 2.51. The Balaban J connectivity index is 1.78. The summed E-state index contributed by atoms with van der Waals surface area (Å²) >= 11 is 0. The van der Waals surface area contributed by atoms with Crippen LogP contribution in [-0.4, -0.2) is 29.2 Å². The number of rotatable bonds is 7. The zero-order valence-electron chi connectivity index (χ0n) is 11.9. The van der Waals surface area contributed by atoms with Crippen LogP contribution in [0.5, 0.6) is 5.75 Å². The molecule has 21 heavy (non-hydrogen) atoms. The van der Waals surface area contributed by atoms with Crippen molar-refractivity contribution in [2.24, 2.45) is 0 Å². The van der Waals surface area contributed by atoms with Gasteiger partial charge in [0.25, 0.3) is 0 Å². The van der Waals surface area contributed by atoms with Crippen molar-refractivity contribution in [3.8, 4) is 5.75 Å². The number of hydrogen-bond acceptors (Lipinski definition) is 4. The van der Waals surface area contributed by atoms with Gasteiger partial charge in [0.2, 0.25) is 0 Å². The van der Waals surface area contributed by atoms with Crippen LogP contribution in [0.25, 0.3) is 0 Å². The highest BCUT2D eigenvalue weighted by molar-refractivity contribution is 5.90. The normalized spacial score (nSPS) is 10.3. The Hall–Kier alpha value is -2.40. The lowest BCUT2D eigenvalue weighted by Gasteiger charge is -2.10. The average Bonchev–Trinajstić information content (AvgIpc) is 2.49. The summed E-state index contributed by atoms with van der Waals surface area (Å²) in [7, 11) is 0. The highest BCUT2D eigenvalue weighted by atomic mass is 16.5. The highest BCUT2D eigenvalue weighted by Crippen LogP contribution is 2.17. The van der Waals surface area contributed by atoms with Crippen molar-refractivity contribution >= 4 is 5.97 Å². The van der Waals surface area contributed by atoms with Crippen molar-refractivity contribution < 1.29 is 14.6 Å². The number of aromatic carboxylic acids is 1. The van der Waals surface area contributed by atoms with Gasteiger partial charge in [-0.3, -0.25) is 4.98 Å². The standard InChI is InChI=1S/C16H18N2O3/c1-12-6-7-17-10-13(12)11-18-8-9-21-15-5-3-2-4-14(15)16(19)20/h2-7,10,18H,8-9,11H2,1H3,(H,19,20). The van der Waals surface area contributed by atoms with Crippen molar-refractivity contribution in [1.29, 1.82) is 0 Å². The molecular weight excluding hydrogens is 268 g/mol. The number of pyridine rings is 1. The first-order chi connectivity index (χ1) is 10.2. The Morgan fingerprint density at radius 2 is 2.14 bits per heavy atom. The second-order valence-electron chi connectivity index (χ2n) is 4.63. The average molecular weight is 286 g/mol. The predicted molar refractivity (Wildman–Crippen MR) is 79.6 cm³/mol. The van der Waals surface area contributed by atoms with Crippen molar-refractivity contribution in [3.05, 3.63) is 59.4 Å². The minimum atomic E-state index is -0.982. The first kappa shape index (κ1) is 15.0. The molecule has 0 aliphatic heterocycles. The number of carboxylic acids is 1. The Bertz CT molecular complexity index is 614. The lowest BCUT2D eigenvalue weighted by molar-refractivity contribution is 0.0692. The molecule has 0 aliphatic rings. The largest absolute Gasteiger partial charge is 0.491 e. The van der Waals surface area contributed by atoms with Crippen LogP contribution >= 0.6 is 0 Å². The molecule has 1 aromatic heterocycles. The minimum absolute atomic E-state index is 0.181. The zero-order valence-corrected chi connectivity index (χ0v) is 11.9. The van der Waals surface area contributed by atoms with Gasteiger partial charge < -0.3 is 15.2 Å². The van der Waals surface area contributed by atoms with Crippen LogP contribution in [0.15, 0.2) is 42.7 Å². The molecule has 0 saturated carbocycles. The van der Waals surface area contributed by atoms with Gasteiger partial charge in [0.05, 0.1) is 0 Å². The maximum atomic E-state index is 11.0. The van der Waals surface area contributed by atoms with Gasteiger partial charge in [-0.25, -0.2) is 4.79 Å². The van der Waals surface area contributed by atoms with Crippen LogP contribution in [0.3, 0.4) is 0 Å². The van der Waals surface area contributed by atoms with Gasteiger partial charge in [0, 0.05) is 25.5 Å². The molecule has 1 heterocycles. The Labute approximate surface area is 123 Å². The van der Waals surface area contributed by atoms with E-state index < -0.39 is 5.97 Å². The molecule has 5 heteroatoms. The van der Waals surface area contributed by atoms with Gasteiger partial charge >= 0.3 is 5.97 Å². The number of benzene rings is 1. The first-order valence-electron chi connectivity index (χ1n) is 6.74. The van der Waals surface area contributed by atoms with Gasteiger partial charge in [-0.05, 0) is 36.2 Å². The van der Waals surface area contributed by atoms with E-state index in [1.54, 1.807) is 24.4 Å². The van der Waals surface area contributed by atoms with Crippen molar-refractivity contribution in [2.45, 2.75) is 13.5 Å². The summed E-state index contributed by atoms with van der Waals surface area (Å²) in [6.45, 7) is 3.79. The van der Waals surface area contributed by atoms with E-state index in [1.807, 2.05) is 19.2 Å². The molecule has 0 aliphatic carbocycles. The van der Waals surface area contributed by atoms with E-state index in [-0.39, 0.29) is 5.56 Å². The fourth-order valence-corrected chi connectivity index (χ4v) is 1.91. The molecular formula is C16H18N2O3. The summed E-state index contributed by atoms with van der Waals surface area (Å²) in [5, 5.41) is 12.3. The van der Waals surface area contributed by atoms with Crippen LogP contribution in [0.2, 0.25) is 0 Å². The summed E-state index contributed by atoms with van der Waals surface area (Å²) in [5.74, 6) is -0.589. The van der Waals surface area contributed by atoms with E-state index in [9.17, 15) is 4.79 Å². The molecule has 2 N–H and O–H groups in total. The summed E-state index contributed by atoms with van der Waals surface area (Å²) < 4.78 is 5.51. The summed E-state index contributed by atoms with van der Waals surface area (Å²) in [6, 6.07) is 8.60. The molecule has 0 unspecified atom stereocenters. The molecule has 2 aromatic rings. The molecule has 0 radical (unpaired) electrons. The molecule has 0 bridgehead atoms. The number of nitrogens with zero attached hydrogens (tertiary/aromatic N) is 1. The van der Waals surface area contributed by atoms with E-state index in [0.717, 1.165) is 5.56 Å². The van der Waals surface area contributed by atoms with Crippen LogP contribution in [0.4, 0.5) is 0 Å². The molecule has 0 spiro atoms. The third kappa shape index (κ3) is 4.29. The molecule has 0 fully saturated rings. The maximum Gasteiger partial charge on any atom is 0.339 e. The molecule has 0 amide bonds. The topological polar surface area (TPSA) is 71.5 Å². The Morgan fingerprint density at radius 1 is 1.33 bits per heavy atom. The number of aryl methyl sites for hydroxylation is 1. The van der Waals surface area contributed by atoms with E-state index >= 15 is 0 Å². The second kappa shape index (κ2) is 7.40. The highest BCUT2D eigenvalue weighted by Gasteiger charge is 2.09. The Kier molecular flexibility index (Phi) is 5.29. The summed E-state index contributed by atoms with van der Waals surface area (Å²) in [4.78, 5) is 15.1. The van der Waals surface area contributed by atoms with Crippen LogP contribution in [-0.2, 0) is 6.54 Å². The first-order valence-corrected chi connectivity index (χ1v) is 6.74. The lowest BCUT2D eigenvalue weighted by Crippen LogP contribution is -2.21. The van der Waals surface area contributed by atoms with Crippen LogP contribution < -0.4 is 10.1 Å². The molecule has 110 valence electrons. The molecule has 1 aromatic carbocycles. The fraction of sp³-hybridized carbons (Fsp3) is 0.250. The third-order valence-corrected chi connectivity index (χ3v) is 3.12. The van der Waals surface area contributed by atoms with Crippen molar-refractivity contribution in [2.75, 3.05) is 13.2 Å². The SMILES string of the molecule is Cc1ccncc1CNCCOc1ccccc1C(=O)O. The number of hydrogen-bond donors (Lipinski definition) is 2. The monoisotopic (exact) mass is 286 g/mol. The minimum Gasteiger partial charge on any atom is -0.491 e. The van der Waals surface area contributed by atoms with Crippen molar-refractivity contribution in [1.82, 2.24) is 10.3 Å². The Morgan fingerprint density at radius 3 is 2.90 bits per heavy atom. The lowest BCUT2D eigenvalue weighted by atomic mass is 10.1. The van der Waals surface area contributed by atoms with Gasteiger partial charge in [-0.1, -0.05) is 12.1 Å². The van der Waals surface area contributed by atoms with Gasteiger partial charge in [0.15, 0.2) is 0 Å². The van der Waals surface area contributed by atoms with Crippen LogP contribution in [0, 0.1) is 6.92 Å². The van der Waals surface area contributed by atoms with E-state index in [0.29, 0.717) is 25.4 Å². The number of carboxylic acid groups (broad SMARTS) is 1. The molecule has 0 saturated heterocycles. The number of ether oxygens (including phenoxy) is 1. The number of carbonyl (C=O) groups is 1. The quantitative estimate of drug-likeness (QED) is 0.764. The van der Waals surface area contributed by atoms with Crippen molar-refractivity contribution in [3.63, 3.8) is 0 Å². The van der Waals surface area contributed by atoms with E-state index in [2.05, 4.69) is 10.3 Å². The second-order valence-corrected chi connectivity index (χ2v) is 4.63. The number of nitrogens with one attached hydrogen (secondary N) is 1. The maximum absolute atomic E-state index is 11.0. The fourth-order valence-electron chi connectivity index (χ4n) is 1.91. The number of para-hydroxylation sites is 1. The smallest absolute Gasteiger partial charge is 0.339 e. The third-order valence-electron chi connectivity index (χ3n) is 3.12. The zero-order chi connectivity index (χ0) is 15.1. The van der Waals surface area contributed by atoms with Crippen LogP contribution in [0.1, 0.15) is 21.5 Å².